The maximum atomic E-state index is 13.1. The fraction of sp³-hybridized carbons (Fsp3) is 0.308. The van der Waals surface area contributed by atoms with E-state index in [0.717, 1.165) is 11.5 Å². The standard InChI is InChI=1S/C13H16FN3O/c1-3-18-12-8-10(14)4-5-11(12)16-9-13-15-6-7-17(13)2/h4-8,16H,3,9H2,1-2H3. The third-order valence-electron chi connectivity index (χ3n) is 2.60. The summed E-state index contributed by atoms with van der Waals surface area (Å²) in [4.78, 5) is 4.21. The summed E-state index contributed by atoms with van der Waals surface area (Å²) in [5.74, 6) is 1.12. The van der Waals surface area contributed by atoms with Crippen LogP contribution < -0.4 is 10.1 Å². The highest BCUT2D eigenvalue weighted by Gasteiger charge is 2.06. The van der Waals surface area contributed by atoms with Crippen molar-refractivity contribution in [3.05, 3.63) is 42.2 Å². The van der Waals surface area contributed by atoms with Gasteiger partial charge < -0.3 is 14.6 Å². The molecule has 5 heteroatoms. The molecule has 1 N–H and O–H groups in total. The minimum atomic E-state index is -0.305. The third kappa shape index (κ3) is 2.80. The highest BCUT2D eigenvalue weighted by atomic mass is 19.1. The molecule has 0 spiro atoms. The Kier molecular flexibility index (Phi) is 3.82. The SMILES string of the molecule is CCOc1cc(F)ccc1NCc1nccn1C. The molecule has 0 bridgehead atoms. The number of nitrogens with zero attached hydrogens (tertiary/aromatic N) is 2. The Hall–Kier alpha value is -2.04. The quantitative estimate of drug-likeness (QED) is 0.885. The zero-order valence-corrected chi connectivity index (χ0v) is 10.5. The fourth-order valence-corrected chi connectivity index (χ4v) is 1.66. The van der Waals surface area contributed by atoms with Gasteiger partial charge in [-0.25, -0.2) is 9.37 Å². The predicted octanol–water partition coefficient (Wildman–Crippen LogP) is 2.57. The summed E-state index contributed by atoms with van der Waals surface area (Å²) in [5.41, 5.74) is 0.765. The molecule has 0 atom stereocenters. The Labute approximate surface area is 105 Å². The van der Waals surface area contributed by atoms with Crippen molar-refractivity contribution in [2.45, 2.75) is 13.5 Å². The highest BCUT2D eigenvalue weighted by Crippen LogP contribution is 2.25. The van der Waals surface area contributed by atoms with Crippen LogP contribution in [0.2, 0.25) is 0 Å². The normalized spacial score (nSPS) is 10.4. The molecule has 0 saturated carbocycles. The number of halogens is 1. The molecular weight excluding hydrogens is 233 g/mol. The van der Waals surface area contributed by atoms with Gasteiger partial charge in [-0.3, -0.25) is 0 Å². The van der Waals surface area contributed by atoms with Gasteiger partial charge in [-0.1, -0.05) is 0 Å². The minimum Gasteiger partial charge on any atom is -0.492 e. The molecule has 1 heterocycles. The van der Waals surface area contributed by atoms with Crippen LogP contribution in [-0.4, -0.2) is 16.2 Å². The molecule has 1 aromatic heterocycles. The van der Waals surface area contributed by atoms with Crippen LogP contribution >= 0.6 is 0 Å². The van der Waals surface area contributed by atoms with Crippen molar-refractivity contribution in [1.82, 2.24) is 9.55 Å². The van der Waals surface area contributed by atoms with Crippen LogP contribution in [0.25, 0.3) is 0 Å². The van der Waals surface area contributed by atoms with E-state index in [2.05, 4.69) is 10.3 Å². The lowest BCUT2D eigenvalue weighted by atomic mass is 10.3. The fourth-order valence-electron chi connectivity index (χ4n) is 1.66. The number of nitrogens with one attached hydrogen (secondary N) is 1. The maximum Gasteiger partial charge on any atom is 0.145 e. The van der Waals surface area contributed by atoms with Gasteiger partial charge in [-0.2, -0.15) is 0 Å². The van der Waals surface area contributed by atoms with Crippen molar-refractivity contribution in [1.29, 1.82) is 0 Å². The molecule has 96 valence electrons. The third-order valence-corrected chi connectivity index (χ3v) is 2.60. The molecule has 2 rings (SSSR count). The summed E-state index contributed by atoms with van der Waals surface area (Å²) in [5, 5.41) is 3.19. The number of rotatable bonds is 5. The molecule has 2 aromatic rings. The first-order valence-electron chi connectivity index (χ1n) is 5.83. The van der Waals surface area contributed by atoms with Gasteiger partial charge in [-0.05, 0) is 19.1 Å². The van der Waals surface area contributed by atoms with Crippen molar-refractivity contribution in [3.63, 3.8) is 0 Å². The first-order valence-corrected chi connectivity index (χ1v) is 5.83. The smallest absolute Gasteiger partial charge is 0.145 e. The van der Waals surface area contributed by atoms with Crippen LogP contribution in [0.15, 0.2) is 30.6 Å². The number of imidazole rings is 1. The van der Waals surface area contributed by atoms with Crippen molar-refractivity contribution < 1.29 is 9.13 Å². The number of benzene rings is 1. The number of aryl methyl sites for hydroxylation is 1. The van der Waals surface area contributed by atoms with E-state index in [4.69, 9.17) is 4.74 Å². The van der Waals surface area contributed by atoms with Crippen LogP contribution in [0.5, 0.6) is 5.75 Å². The molecule has 0 aliphatic rings. The molecule has 0 radical (unpaired) electrons. The summed E-state index contributed by atoms with van der Waals surface area (Å²) in [6, 6.07) is 4.46. The molecule has 0 unspecified atom stereocenters. The zero-order valence-electron chi connectivity index (χ0n) is 10.5. The summed E-state index contributed by atoms with van der Waals surface area (Å²) in [6.07, 6.45) is 3.62. The molecular formula is C13H16FN3O. The Morgan fingerprint density at radius 1 is 1.44 bits per heavy atom. The first-order chi connectivity index (χ1) is 8.70. The van der Waals surface area contributed by atoms with Crippen LogP contribution in [0, 0.1) is 5.82 Å². The topological polar surface area (TPSA) is 39.1 Å². The Bertz CT molecular complexity index is 525. The van der Waals surface area contributed by atoms with Gasteiger partial charge in [0, 0.05) is 25.5 Å². The molecule has 0 fully saturated rings. The first kappa shape index (κ1) is 12.4. The lowest BCUT2D eigenvalue weighted by molar-refractivity contribution is 0.339. The highest BCUT2D eigenvalue weighted by molar-refractivity contribution is 5.56. The average Bonchev–Trinajstić information content (AvgIpc) is 2.74. The van der Waals surface area contributed by atoms with Gasteiger partial charge in [0.25, 0.3) is 0 Å². The summed E-state index contributed by atoms with van der Waals surface area (Å²) in [6.45, 7) is 2.93. The van der Waals surface area contributed by atoms with Crippen molar-refractivity contribution in [3.8, 4) is 5.75 Å². The Morgan fingerprint density at radius 2 is 2.28 bits per heavy atom. The molecule has 4 nitrogen and oxygen atoms in total. The van der Waals surface area contributed by atoms with Crippen LogP contribution in [0.1, 0.15) is 12.7 Å². The molecule has 0 aliphatic carbocycles. The molecule has 18 heavy (non-hydrogen) atoms. The van der Waals surface area contributed by atoms with Crippen molar-refractivity contribution in [2.24, 2.45) is 7.05 Å². The van der Waals surface area contributed by atoms with Crippen LogP contribution in [0.4, 0.5) is 10.1 Å². The predicted molar refractivity (Wildman–Crippen MR) is 68.1 cm³/mol. The second kappa shape index (κ2) is 5.53. The van der Waals surface area contributed by atoms with E-state index in [1.165, 1.54) is 12.1 Å². The van der Waals surface area contributed by atoms with Crippen LogP contribution in [-0.2, 0) is 13.6 Å². The molecule has 0 saturated heterocycles. The second-order valence-corrected chi connectivity index (χ2v) is 3.88. The summed E-state index contributed by atoms with van der Waals surface area (Å²) >= 11 is 0. The second-order valence-electron chi connectivity index (χ2n) is 3.88. The molecule has 0 aliphatic heterocycles. The minimum absolute atomic E-state index is 0.305. The van der Waals surface area contributed by atoms with E-state index in [9.17, 15) is 4.39 Å². The molecule has 0 amide bonds. The average molecular weight is 249 g/mol. The van der Waals surface area contributed by atoms with Gasteiger partial charge in [0.2, 0.25) is 0 Å². The van der Waals surface area contributed by atoms with E-state index in [1.54, 1.807) is 12.3 Å². The number of ether oxygens (including phenoxy) is 1. The summed E-state index contributed by atoms with van der Waals surface area (Å²) < 4.78 is 20.4. The monoisotopic (exact) mass is 249 g/mol. The maximum absolute atomic E-state index is 13.1. The van der Waals surface area contributed by atoms with Crippen molar-refractivity contribution in [2.75, 3.05) is 11.9 Å². The number of aromatic nitrogens is 2. The van der Waals surface area contributed by atoms with E-state index in [-0.39, 0.29) is 5.82 Å². The molecule has 1 aromatic carbocycles. The van der Waals surface area contributed by atoms with E-state index >= 15 is 0 Å². The van der Waals surface area contributed by atoms with E-state index < -0.39 is 0 Å². The summed E-state index contributed by atoms with van der Waals surface area (Å²) in [7, 11) is 1.93. The van der Waals surface area contributed by atoms with Gasteiger partial charge in [0.1, 0.15) is 17.4 Å². The van der Waals surface area contributed by atoms with Crippen LogP contribution in [0.3, 0.4) is 0 Å². The van der Waals surface area contributed by atoms with Gasteiger partial charge in [0.05, 0.1) is 18.8 Å². The number of hydrogen-bond donors (Lipinski definition) is 1. The van der Waals surface area contributed by atoms with Crippen molar-refractivity contribution >= 4 is 5.69 Å². The van der Waals surface area contributed by atoms with Gasteiger partial charge in [-0.15, -0.1) is 0 Å². The Balaban J connectivity index is 2.11. The van der Waals surface area contributed by atoms with E-state index in [1.807, 2.05) is 24.7 Å². The lowest BCUT2D eigenvalue weighted by Crippen LogP contribution is -2.07. The van der Waals surface area contributed by atoms with E-state index in [0.29, 0.717) is 18.9 Å². The Morgan fingerprint density at radius 3 is 2.94 bits per heavy atom. The van der Waals surface area contributed by atoms with Gasteiger partial charge in [0.15, 0.2) is 0 Å². The largest absolute Gasteiger partial charge is 0.492 e. The number of hydrogen-bond acceptors (Lipinski definition) is 3. The van der Waals surface area contributed by atoms with Gasteiger partial charge >= 0.3 is 0 Å². The zero-order chi connectivity index (χ0) is 13.0. The number of anilines is 1. The lowest BCUT2D eigenvalue weighted by Gasteiger charge is -2.12.